The van der Waals surface area contributed by atoms with E-state index in [0.717, 1.165) is 65.7 Å². The Kier molecular flexibility index (Phi) is 9.07. The minimum Gasteiger partial charge on any atom is -1.00 e. The minimum atomic E-state index is -1.39. The molecule has 5 rings (SSSR count). The normalized spacial score (nSPS) is 24.5. The third-order valence-corrected chi connectivity index (χ3v) is 9.26. The number of likely N-dealkylation sites (N-methyl/N-ethyl adjacent to an activating group) is 2. The fourth-order valence-corrected chi connectivity index (χ4v) is 6.65. The molecule has 224 valence electrons. The molecule has 0 radical (unpaired) electrons. The molecule has 2 saturated heterocycles. The number of hydrogen-bond donors (Lipinski definition) is 1. The Bertz CT molecular complexity index is 1340. The lowest BCUT2D eigenvalue weighted by molar-refractivity contribution is -0.964. The number of β-lactam (4-membered cyclic amide) rings is 1. The fraction of sp³-hybridized carbons (Fsp3) is 0.548. The van der Waals surface area contributed by atoms with Crippen LogP contribution in [-0.2, 0) is 20.9 Å². The molecule has 9 nitrogen and oxygen atoms in total. The van der Waals surface area contributed by atoms with Crippen molar-refractivity contribution in [1.29, 1.82) is 0 Å². The first-order chi connectivity index (χ1) is 18.9. The number of carbonyl (C=O) groups excluding carboxylic acids is 2. The third-order valence-electron chi connectivity index (χ3n) is 9.26. The summed E-state index contributed by atoms with van der Waals surface area (Å²) in [7, 11) is 6.86. The van der Waals surface area contributed by atoms with Gasteiger partial charge in [0.15, 0.2) is 0 Å². The standard InChI is InChI=1S/C31H42N3O6.ClH/c1-20-25(29(31(37)38)32-28(20)27(21(2)35)30(32)36)19-40-26-11-7-9-23-22(8-6-10-24(23)26)18-33(3,4)12-13-34(5)14-16-39-17-15-34;/h6-11,20-21,27-28,35H,12-19H2,1-5H3;1H/q+1;/p-1/t20-,21+,27+,28+;/m0./s1. The summed E-state index contributed by atoms with van der Waals surface area (Å²) >= 11 is 0. The van der Waals surface area contributed by atoms with Crippen molar-refractivity contribution in [3.63, 3.8) is 0 Å². The number of carboxylic acid groups (broad SMARTS) is 1. The van der Waals surface area contributed by atoms with Crippen molar-refractivity contribution < 1.29 is 50.6 Å². The van der Waals surface area contributed by atoms with E-state index in [1.54, 1.807) is 6.92 Å². The molecule has 3 aliphatic rings. The van der Waals surface area contributed by atoms with Gasteiger partial charge in [0.05, 0.1) is 64.1 Å². The van der Waals surface area contributed by atoms with Gasteiger partial charge < -0.3 is 50.8 Å². The van der Waals surface area contributed by atoms with Gasteiger partial charge in [0.25, 0.3) is 0 Å². The number of fused-ring (bicyclic) bond motifs is 2. The molecule has 0 unspecified atom stereocenters. The van der Waals surface area contributed by atoms with Crippen molar-refractivity contribution in [1.82, 2.24) is 4.90 Å². The highest BCUT2D eigenvalue weighted by Crippen LogP contribution is 2.47. The Morgan fingerprint density at radius 2 is 1.85 bits per heavy atom. The molecule has 1 N–H and O–H groups in total. The zero-order valence-corrected chi connectivity index (χ0v) is 25.4. The van der Waals surface area contributed by atoms with Gasteiger partial charge in [-0.1, -0.05) is 37.3 Å². The largest absolute Gasteiger partial charge is 1.00 e. The van der Waals surface area contributed by atoms with E-state index in [1.165, 1.54) is 10.5 Å². The Morgan fingerprint density at radius 3 is 2.51 bits per heavy atom. The molecule has 3 heterocycles. The second kappa shape index (κ2) is 11.9. The quantitative estimate of drug-likeness (QED) is 0.259. The predicted molar refractivity (Wildman–Crippen MR) is 149 cm³/mol. The number of carbonyl (C=O) groups is 2. The van der Waals surface area contributed by atoms with Crippen molar-refractivity contribution in [3.05, 3.63) is 53.2 Å². The van der Waals surface area contributed by atoms with Crippen LogP contribution in [0, 0.1) is 11.8 Å². The molecule has 0 aromatic heterocycles. The fourth-order valence-electron chi connectivity index (χ4n) is 6.65. The summed E-state index contributed by atoms with van der Waals surface area (Å²) in [6, 6.07) is 11.8. The highest BCUT2D eigenvalue weighted by molar-refractivity contribution is 5.99. The molecule has 41 heavy (non-hydrogen) atoms. The van der Waals surface area contributed by atoms with Crippen LogP contribution in [0.25, 0.3) is 10.8 Å². The van der Waals surface area contributed by atoms with Crippen LogP contribution in [0.3, 0.4) is 0 Å². The van der Waals surface area contributed by atoms with Crippen LogP contribution < -0.4 is 22.3 Å². The number of aliphatic hydroxyl groups is 1. The topological polar surface area (TPSA) is 99.1 Å². The lowest BCUT2D eigenvalue weighted by Crippen LogP contribution is -3.00. The summed E-state index contributed by atoms with van der Waals surface area (Å²) in [5, 5.41) is 24.2. The van der Waals surface area contributed by atoms with Gasteiger partial charge in [-0.15, -0.1) is 0 Å². The van der Waals surface area contributed by atoms with Gasteiger partial charge in [0.2, 0.25) is 5.91 Å². The van der Waals surface area contributed by atoms with E-state index < -0.39 is 18.0 Å². The maximum absolute atomic E-state index is 12.6. The number of aliphatic carboxylic acids is 1. The molecule has 2 aromatic rings. The number of ether oxygens (including phenoxy) is 2. The summed E-state index contributed by atoms with van der Waals surface area (Å²) in [5.74, 6) is -1.97. The average molecular weight is 588 g/mol. The molecule has 0 spiro atoms. The van der Waals surface area contributed by atoms with Crippen LogP contribution in [0.2, 0.25) is 0 Å². The van der Waals surface area contributed by atoms with Gasteiger partial charge in [-0.2, -0.15) is 0 Å². The number of rotatable bonds is 10. The van der Waals surface area contributed by atoms with Crippen molar-refractivity contribution in [3.8, 4) is 5.75 Å². The van der Waals surface area contributed by atoms with Gasteiger partial charge in [-0.25, -0.2) is 0 Å². The first kappa shape index (κ1) is 31.3. The number of morpholine rings is 1. The van der Waals surface area contributed by atoms with E-state index in [0.29, 0.717) is 11.3 Å². The molecule has 0 aliphatic carbocycles. The van der Waals surface area contributed by atoms with Crippen molar-refractivity contribution in [2.24, 2.45) is 11.8 Å². The third kappa shape index (κ3) is 5.96. The monoisotopic (exact) mass is 587 g/mol. The van der Waals surface area contributed by atoms with Crippen LogP contribution in [0.5, 0.6) is 5.75 Å². The first-order valence-corrected chi connectivity index (χ1v) is 14.2. The van der Waals surface area contributed by atoms with Crippen molar-refractivity contribution in [2.75, 3.05) is 67.1 Å². The maximum atomic E-state index is 12.6. The predicted octanol–water partition coefficient (Wildman–Crippen LogP) is -1.86. The molecule has 2 aromatic carbocycles. The maximum Gasteiger partial charge on any atom is 0.235 e. The van der Waals surface area contributed by atoms with Crippen LogP contribution in [0.1, 0.15) is 19.4 Å². The van der Waals surface area contributed by atoms with E-state index in [-0.39, 0.29) is 42.6 Å². The van der Waals surface area contributed by atoms with E-state index in [2.05, 4.69) is 33.3 Å². The zero-order chi connectivity index (χ0) is 28.8. The molecular weight excluding hydrogens is 546 g/mol. The van der Waals surface area contributed by atoms with Crippen molar-refractivity contribution >= 4 is 22.6 Å². The molecule has 3 aliphatic heterocycles. The number of hydrogen-bond acceptors (Lipinski definition) is 6. The van der Waals surface area contributed by atoms with Crippen LogP contribution >= 0.6 is 0 Å². The second-order valence-corrected chi connectivity index (χ2v) is 12.7. The van der Waals surface area contributed by atoms with Gasteiger partial charge in [-0.05, 0) is 23.9 Å². The first-order valence-electron chi connectivity index (χ1n) is 14.2. The number of carboxylic acids is 1. The summed E-state index contributed by atoms with van der Waals surface area (Å²) in [6.07, 6.45) is -0.850. The van der Waals surface area contributed by atoms with Crippen LogP contribution in [0.4, 0.5) is 0 Å². The number of amides is 1. The zero-order valence-electron chi connectivity index (χ0n) is 24.6. The highest BCUT2D eigenvalue weighted by atomic mass is 35.5. The van der Waals surface area contributed by atoms with E-state index >= 15 is 0 Å². The Morgan fingerprint density at radius 1 is 1.20 bits per heavy atom. The number of quaternary nitrogens is 2. The summed E-state index contributed by atoms with van der Waals surface area (Å²) in [4.78, 5) is 26.0. The van der Waals surface area contributed by atoms with Gasteiger partial charge >= 0.3 is 0 Å². The van der Waals surface area contributed by atoms with Gasteiger partial charge in [-0.3, -0.25) is 4.79 Å². The summed E-state index contributed by atoms with van der Waals surface area (Å²) in [5.41, 5.74) is 1.64. The molecule has 1 amide bonds. The lowest BCUT2D eigenvalue weighted by Gasteiger charge is -2.47. The number of aliphatic hydroxyl groups excluding tert-OH is 1. The molecule has 0 saturated carbocycles. The van der Waals surface area contributed by atoms with Crippen molar-refractivity contribution in [2.45, 2.75) is 32.5 Å². The number of benzene rings is 2. The molecule has 4 atom stereocenters. The average Bonchev–Trinajstić information content (AvgIpc) is 3.14. The van der Waals surface area contributed by atoms with Crippen LogP contribution in [-0.4, -0.2) is 110 Å². The minimum absolute atomic E-state index is 0. The molecule has 2 fully saturated rings. The number of halogens is 1. The lowest BCUT2D eigenvalue weighted by atomic mass is 9.78. The summed E-state index contributed by atoms with van der Waals surface area (Å²) in [6.45, 7) is 10.2. The van der Waals surface area contributed by atoms with E-state index in [1.807, 2.05) is 31.2 Å². The molecule has 10 heteroatoms. The van der Waals surface area contributed by atoms with E-state index in [9.17, 15) is 19.8 Å². The number of nitrogens with zero attached hydrogens (tertiary/aromatic N) is 3. The smallest absolute Gasteiger partial charge is 0.235 e. The highest BCUT2D eigenvalue weighted by Gasteiger charge is 2.58. The molecule has 0 bridgehead atoms. The van der Waals surface area contributed by atoms with Crippen LogP contribution in [0.15, 0.2) is 47.7 Å². The van der Waals surface area contributed by atoms with Gasteiger partial charge in [0.1, 0.15) is 45.1 Å². The summed E-state index contributed by atoms with van der Waals surface area (Å²) < 4.78 is 13.7. The Labute approximate surface area is 248 Å². The SMILES string of the molecule is C[C@@H](O)[C@H]1C(=O)N2C(C(=O)[O-])=C(COc3cccc4c(C[N+](C)(C)CC[N+]5(C)CCOCC5)cccc34)[C@H](C)[C@H]12.[Cl-]. The second-order valence-electron chi connectivity index (χ2n) is 12.7. The molecular formula is C31H42ClN3O6. The Hall–Kier alpha value is -2.69. The Balaban J connectivity index is 0.00000387. The van der Waals surface area contributed by atoms with E-state index in [4.69, 9.17) is 9.47 Å². The van der Waals surface area contributed by atoms with Gasteiger partial charge in [0, 0.05) is 16.9 Å².